The van der Waals surface area contributed by atoms with Crippen molar-refractivity contribution < 1.29 is 4.79 Å². The average Bonchev–Trinajstić information content (AvgIpc) is 2.35. The summed E-state index contributed by atoms with van der Waals surface area (Å²) in [5.41, 5.74) is 7.75. The normalized spacial score (nSPS) is 12.8. The smallest absolute Gasteiger partial charge is 0.218 e. The Morgan fingerprint density at radius 1 is 1.91 bits per heavy atom. The van der Waals surface area contributed by atoms with Crippen molar-refractivity contribution in [2.75, 3.05) is 0 Å². The van der Waals surface area contributed by atoms with Gasteiger partial charge in [0.2, 0.25) is 5.91 Å². The van der Waals surface area contributed by atoms with Gasteiger partial charge in [-0.25, -0.2) is 4.98 Å². The Morgan fingerprint density at radius 3 is 3.09 bits per heavy atom. The molecule has 1 aromatic rings. The van der Waals surface area contributed by atoms with Crippen LogP contribution in [-0.4, -0.2) is 10.9 Å². The third-order valence-corrected chi connectivity index (χ3v) is 2.07. The number of rotatable bonds is 3. The third-order valence-electron chi connectivity index (χ3n) is 1.46. The number of hydrogen-bond donors (Lipinski definition) is 1. The molecule has 0 fully saturated rings. The molecule has 4 heteroatoms. The van der Waals surface area contributed by atoms with Gasteiger partial charge in [-0.05, 0) is 0 Å². The fourth-order valence-corrected chi connectivity index (χ4v) is 1.55. The summed E-state index contributed by atoms with van der Waals surface area (Å²) in [6, 6.07) is 0. The molecule has 1 atom stereocenters. The second kappa shape index (κ2) is 3.48. The lowest BCUT2D eigenvalue weighted by molar-refractivity contribution is -0.118. The molecule has 0 spiro atoms. The lowest BCUT2D eigenvalue weighted by Gasteiger charge is -2.03. The maximum atomic E-state index is 10.5. The largest absolute Gasteiger partial charge is 0.370 e. The fourth-order valence-electron chi connectivity index (χ4n) is 0.872. The topological polar surface area (TPSA) is 56.0 Å². The van der Waals surface area contributed by atoms with Crippen LogP contribution >= 0.6 is 11.3 Å². The first-order valence-electron chi connectivity index (χ1n) is 3.36. The number of nitrogens with zero attached hydrogens (tertiary/aromatic N) is 1. The second-order valence-electron chi connectivity index (χ2n) is 2.48. The van der Waals surface area contributed by atoms with Gasteiger partial charge in [0.25, 0.3) is 0 Å². The molecule has 1 amide bonds. The monoisotopic (exact) mass is 170 g/mol. The summed E-state index contributed by atoms with van der Waals surface area (Å²) in [5, 5.41) is 1.94. The standard InChI is InChI=1S/C7H10N2OS/c1-5(2-7(8)10)6-3-11-4-9-6/h3-5H,2H2,1H3,(H2,8,10). The van der Waals surface area contributed by atoms with E-state index in [4.69, 9.17) is 5.73 Å². The van der Waals surface area contributed by atoms with E-state index in [0.717, 1.165) is 5.69 Å². The molecule has 0 aromatic carbocycles. The number of thiazole rings is 1. The van der Waals surface area contributed by atoms with Crippen molar-refractivity contribution in [2.45, 2.75) is 19.3 Å². The van der Waals surface area contributed by atoms with Gasteiger partial charge in [0.1, 0.15) is 0 Å². The van der Waals surface area contributed by atoms with Crippen molar-refractivity contribution in [2.24, 2.45) is 5.73 Å². The Morgan fingerprint density at radius 2 is 2.64 bits per heavy atom. The van der Waals surface area contributed by atoms with E-state index in [2.05, 4.69) is 4.98 Å². The van der Waals surface area contributed by atoms with Crippen molar-refractivity contribution in [3.8, 4) is 0 Å². The summed E-state index contributed by atoms with van der Waals surface area (Å²) >= 11 is 1.53. The Hall–Kier alpha value is -0.900. The number of aromatic nitrogens is 1. The molecule has 1 unspecified atom stereocenters. The van der Waals surface area contributed by atoms with Crippen LogP contribution < -0.4 is 5.73 Å². The highest BCUT2D eigenvalue weighted by Gasteiger charge is 2.09. The minimum atomic E-state index is -0.273. The lowest BCUT2D eigenvalue weighted by atomic mass is 10.1. The zero-order valence-corrected chi connectivity index (χ0v) is 7.10. The van der Waals surface area contributed by atoms with Crippen LogP contribution in [0.1, 0.15) is 25.0 Å². The summed E-state index contributed by atoms with van der Waals surface area (Å²) in [6.07, 6.45) is 0.379. The van der Waals surface area contributed by atoms with E-state index in [9.17, 15) is 4.79 Å². The van der Waals surface area contributed by atoms with Crippen molar-refractivity contribution in [3.05, 3.63) is 16.6 Å². The number of carbonyl (C=O) groups excluding carboxylic acids is 1. The van der Waals surface area contributed by atoms with Crippen LogP contribution in [0.5, 0.6) is 0 Å². The second-order valence-corrected chi connectivity index (χ2v) is 3.20. The molecule has 0 aliphatic rings. The van der Waals surface area contributed by atoms with E-state index in [0.29, 0.717) is 6.42 Å². The maximum Gasteiger partial charge on any atom is 0.218 e. The Kier molecular flexibility index (Phi) is 2.59. The van der Waals surface area contributed by atoms with Gasteiger partial charge < -0.3 is 5.73 Å². The molecule has 0 aliphatic heterocycles. The van der Waals surface area contributed by atoms with Gasteiger partial charge in [-0.2, -0.15) is 0 Å². The number of carbonyl (C=O) groups is 1. The van der Waals surface area contributed by atoms with Gasteiger partial charge in [-0.15, -0.1) is 11.3 Å². The number of nitrogens with two attached hydrogens (primary N) is 1. The third kappa shape index (κ3) is 2.31. The van der Waals surface area contributed by atoms with Gasteiger partial charge in [-0.3, -0.25) is 4.79 Å². The highest BCUT2D eigenvalue weighted by Crippen LogP contribution is 2.17. The summed E-state index contributed by atoms with van der Waals surface area (Å²) in [6.45, 7) is 1.94. The van der Waals surface area contributed by atoms with Crippen LogP contribution in [-0.2, 0) is 4.79 Å². The molecule has 1 rings (SSSR count). The molecule has 60 valence electrons. The highest BCUT2D eigenvalue weighted by atomic mass is 32.1. The molecular formula is C7H10N2OS. The van der Waals surface area contributed by atoms with Gasteiger partial charge in [-0.1, -0.05) is 6.92 Å². The maximum absolute atomic E-state index is 10.5. The molecule has 3 nitrogen and oxygen atoms in total. The molecular weight excluding hydrogens is 160 g/mol. The summed E-state index contributed by atoms with van der Waals surface area (Å²) in [7, 11) is 0. The number of primary amides is 1. The van der Waals surface area contributed by atoms with E-state index < -0.39 is 0 Å². The van der Waals surface area contributed by atoms with Crippen LogP contribution in [0, 0.1) is 0 Å². The van der Waals surface area contributed by atoms with Crippen molar-refractivity contribution in [1.82, 2.24) is 4.98 Å². The molecule has 0 saturated carbocycles. The van der Waals surface area contributed by atoms with E-state index in [-0.39, 0.29) is 11.8 Å². The van der Waals surface area contributed by atoms with Crippen molar-refractivity contribution >= 4 is 17.2 Å². The molecule has 0 bridgehead atoms. The summed E-state index contributed by atoms with van der Waals surface area (Å²) in [4.78, 5) is 14.6. The minimum Gasteiger partial charge on any atom is -0.370 e. The molecule has 1 heterocycles. The summed E-state index contributed by atoms with van der Waals surface area (Å²) < 4.78 is 0. The van der Waals surface area contributed by atoms with Crippen LogP contribution in [0.2, 0.25) is 0 Å². The van der Waals surface area contributed by atoms with Crippen LogP contribution in [0.3, 0.4) is 0 Å². The number of amides is 1. The first-order chi connectivity index (χ1) is 5.20. The van der Waals surface area contributed by atoms with E-state index in [1.807, 2.05) is 12.3 Å². The van der Waals surface area contributed by atoms with Gasteiger partial charge in [0, 0.05) is 17.7 Å². The van der Waals surface area contributed by atoms with E-state index in [1.54, 1.807) is 5.51 Å². The lowest BCUT2D eigenvalue weighted by Crippen LogP contribution is -2.13. The zero-order valence-electron chi connectivity index (χ0n) is 6.28. The van der Waals surface area contributed by atoms with Gasteiger partial charge in [0.15, 0.2) is 0 Å². The quantitative estimate of drug-likeness (QED) is 0.739. The Balaban J connectivity index is 2.56. The molecule has 0 aliphatic carbocycles. The molecule has 2 N–H and O–H groups in total. The SMILES string of the molecule is CC(CC(N)=O)c1cscn1. The first-order valence-corrected chi connectivity index (χ1v) is 4.31. The van der Waals surface area contributed by atoms with Gasteiger partial charge >= 0.3 is 0 Å². The molecule has 11 heavy (non-hydrogen) atoms. The predicted molar refractivity (Wildman–Crippen MR) is 44.3 cm³/mol. The molecule has 0 saturated heterocycles. The van der Waals surface area contributed by atoms with Crippen LogP contribution in [0.4, 0.5) is 0 Å². The Bertz CT molecular complexity index is 233. The average molecular weight is 170 g/mol. The fraction of sp³-hybridized carbons (Fsp3) is 0.429. The van der Waals surface area contributed by atoms with Gasteiger partial charge in [0.05, 0.1) is 11.2 Å². The Labute approximate surface area is 69.3 Å². The summed E-state index contributed by atoms with van der Waals surface area (Å²) in [5.74, 6) is -0.121. The minimum absolute atomic E-state index is 0.152. The van der Waals surface area contributed by atoms with Crippen LogP contribution in [0.25, 0.3) is 0 Å². The first kappa shape index (κ1) is 8.20. The molecule has 0 radical (unpaired) electrons. The van der Waals surface area contributed by atoms with Crippen molar-refractivity contribution in [3.63, 3.8) is 0 Å². The predicted octanol–water partition coefficient (Wildman–Crippen LogP) is 1.12. The number of hydrogen-bond acceptors (Lipinski definition) is 3. The molecule has 1 aromatic heterocycles. The highest BCUT2D eigenvalue weighted by molar-refractivity contribution is 7.07. The zero-order chi connectivity index (χ0) is 8.27. The van der Waals surface area contributed by atoms with E-state index in [1.165, 1.54) is 11.3 Å². The van der Waals surface area contributed by atoms with E-state index >= 15 is 0 Å². The van der Waals surface area contributed by atoms with Crippen molar-refractivity contribution in [1.29, 1.82) is 0 Å². The van der Waals surface area contributed by atoms with Crippen LogP contribution in [0.15, 0.2) is 10.9 Å².